The first-order chi connectivity index (χ1) is 9.30. The molecule has 0 aliphatic carbocycles. The van der Waals surface area contributed by atoms with Gasteiger partial charge in [0.25, 0.3) is 0 Å². The van der Waals surface area contributed by atoms with Crippen molar-refractivity contribution in [1.29, 1.82) is 5.26 Å². The maximum atomic E-state index is 11.8. The largest absolute Gasteiger partial charge is 0.444 e. The van der Waals surface area contributed by atoms with E-state index in [9.17, 15) is 4.79 Å². The van der Waals surface area contributed by atoms with Crippen molar-refractivity contribution in [3.63, 3.8) is 0 Å². The zero-order valence-electron chi connectivity index (χ0n) is 11.8. The number of ether oxygens (including phenoxy) is 1. The average molecular weight is 337 g/mol. The quantitative estimate of drug-likeness (QED) is 0.786. The van der Waals surface area contributed by atoms with Crippen LogP contribution in [0.4, 0.5) is 4.79 Å². The van der Waals surface area contributed by atoms with Gasteiger partial charge in [-0.25, -0.2) is 4.79 Å². The number of halogens is 1. The van der Waals surface area contributed by atoms with Gasteiger partial charge in [0.2, 0.25) is 0 Å². The first-order valence-corrected chi connectivity index (χ1v) is 7.27. The molecule has 2 rings (SSSR count). The third kappa shape index (κ3) is 3.31. The molecule has 106 valence electrons. The molecular formula is C15H17BrN2O2. The number of hydrogen-bond donors (Lipinski definition) is 0. The van der Waals surface area contributed by atoms with Crippen molar-refractivity contribution in [1.82, 2.24) is 4.90 Å². The Labute approximate surface area is 127 Å². The second-order valence-electron chi connectivity index (χ2n) is 5.93. The molecule has 0 radical (unpaired) electrons. The minimum Gasteiger partial charge on any atom is -0.444 e. The van der Waals surface area contributed by atoms with E-state index in [2.05, 4.69) is 22.0 Å². The Morgan fingerprint density at radius 3 is 2.65 bits per heavy atom. The predicted molar refractivity (Wildman–Crippen MR) is 79.4 cm³/mol. The lowest BCUT2D eigenvalue weighted by atomic mass is 9.91. The summed E-state index contributed by atoms with van der Waals surface area (Å²) < 4.78 is 6.12. The summed E-state index contributed by atoms with van der Waals surface area (Å²) in [6, 6.07) is 7.89. The maximum Gasteiger partial charge on any atom is 0.410 e. The van der Waals surface area contributed by atoms with Gasteiger partial charge >= 0.3 is 6.09 Å². The fourth-order valence-electron chi connectivity index (χ4n) is 2.05. The lowest BCUT2D eigenvalue weighted by Gasteiger charge is -2.40. The van der Waals surface area contributed by atoms with Crippen LogP contribution in [0, 0.1) is 11.3 Å². The number of likely N-dealkylation sites (tertiary alicyclic amines) is 1. The van der Waals surface area contributed by atoms with Gasteiger partial charge in [0.15, 0.2) is 0 Å². The molecule has 5 heteroatoms. The van der Waals surface area contributed by atoms with Crippen LogP contribution in [-0.4, -0.2) is 29.7 Å². The molecule has 20 heavy (non-hydrogen) atoms. The van der Waals surface area contributed by atoms with Gasteiger partial charge in [-0.05, 0) is 54.4 Å². The number of hydrogen-bond acceptors (Lipinski definition) is 3. The van der Waals surface area contributed by atoms with E-state index in [1.807, 2.05) is 39.0 Å². The van der Waals surface area contributed by atoms with E-state index >= 15 is 0 Å². The zero-order valence-corrected chi connectivity index (χ0v) is 13.4. The van der Waals surface area contributed by atoms with Crippen LogP contribution in [0.2, 0.25) is 0 Å². The van der Waals surface area contributed by atoms with Gasteiger partial charge in [-0.2, -0.15) is 5.26 Å². The molecule has 0 N–H and O–H groups in total. The molecule has 0 atom stereocenters. The second kappa shape index (κ2) is 5.45. The highest BCUT2D eigenvalue weighted by Crippen LogP contribution is 2.30. The summed E-state index contributed by atoms with van der Waals surface area (Å²) >= 11 is 3.34. The summed E-state index contributed by atoms with van der Waals surface area (Å²) in [5.74, 6) is 0.280. The highest BCUT2D eigenvalue weighted by atomic mass is 79.9. The van der Waals surface area contributed by atoms with Gasteiger partial charge in [-0.1, -0.05) is 6.07 Å². The lowest BCUT2D eigenvalue weighted by Crippen LogP contribution is -2.50. The molecule has 1 saturated heterocycles. The molecule has 1 heterocycles. The fraction of sp³-hybridized carbons (Fsp3) is 0.467. The SMILES string of the molecule is CC(C)(C)OC(=O)N1CC(c2ccc(Br)c(C#N)c2)C1. The Bertz CT molecular complexity index is 566. The normalized spacial score (nSPS) is 15.4. The lowest BCUT2D eigenvalue weighted by molar-refractivity contribution is 0.00819. The molecule has 1 amide bonds. The topological polar surface area (TPSA) is 53.3 Å². The van der Waals surface area contributed by atoms with Gasteiger partial charge < -0.3 is 9.64 Å². The van der Waals surface area contributed by atoms with Crippen LogP contribution in [0.25, 0.3) is 0 Å². The molecule has 1 aliphatic rings. The summed E-state index contributed by atoms with van der Waals surface area (Å²) in [6.07, 6.45) is -0.272. The third-order valence-corrected chi connectivity index (χ3v) is 3.81. The van der Waals surface area contributed by atoms with Crippen LogP contribution in [0.15, 0.2) is 22.7 Å². The van der Waals surface area contributed by atoms with Crippen LogP contribution >= 0.6 is 15.9 Å². The summed E-state index contributed by atoms with van der Waals surface area (Å²) in [5, 5.41) is 9.02. The number of amides is 1. The van der Waals surface area contributed by atoms with Gasteiger partial charge in [0.05, 0.1) is 5.56 Å². The minimum absolute atomic E-state index is 0.272. The molecule has 1 aliphatic heterocycles. The van der Waals surface area contributed by atoms with E-state index in [0.29, 0.717) is 18.7 Å². The molecule has 1 fully saturated rings. The van der Waals surface area contributed by atoms with Crippen LogP contribution in [0.5, 0.6) is 0 Å². The molecular weight excluding hydrogens is 320 g/mol. The fourth-order valence-corrected chi connectivity index (χ4v) is 2.38. The standard InChI is InChI=1S/C15H17BrN2O2/c1-15(2,3)20-14(19)18-8-12(9-18)10-4-5-13(16)11(6-10)7-17/h4-6,12H,8-9H2,1-3H3. The van der Waals surface area contributed by atoms with Crippen LogP contribution in [-0.2, 0) is 4.74 Å². The molecule has 0 bridgehead atoms. The third-order valence-electron chi connectivity index (χ3n) is 3.12. The first kappa shape index (κ1) is 14.9. The van der Waals surface area contributed by atoms with Crippen LogP contribution in [0.3, 0.4) is 0 Å². The van der Waals surface area contributed by atoms with Crippen molar-refractivity contribution in [3.05, 3.63) is 33.8 Å². The number of nitrogens with zero attached hydrogens (tertiary/aromatic N) is 2. The number of rotatable bonds is 1. The van der Waals surface area contributed by atoms with E-state index in [4.69, 9.17) is 10.00 Å². The van der Waals surface area contributed by atoms with Gasteiger partial charge in [-0.15, -0.1) is 0 Å². The van der Waals surface area contributed by atoms with Crippen molar-refractivity contribution in [2.24, 2.45) is 0 Å². The Morgan fingerprint density at radius 2 is 2.10 bits per heavy atom. The molecule has 4 nitrogen and oxygen atoms in total. The Balaban J connectivity index is 1.97. The summed E-state index contributed by atoms with van der Waals surface area (Å²) in [6.45, 7) is 6.85. The summed E-state index contributed by atoms with van der Waals surface area (Å²) in [5.41, 5.74) is 1.25. The average Bonchev–Trinajstić information content (AvgIpc) is 2.26. The van der Waals surface area contributed by atoms with E-state index in [1.165, 1.54) is 0 Å². The smallest absolute Gasteiger partial charge is 0.410 e. The number of carbonyl (C=O) groups is 1. The molecule has 0 saturated carbocycles. The molecule has 1 aromatic carbocycles. The maximum absolute atomic E-state index is 11.8. The summed E-state index contributed by atoms with van der Waals surface area (Å²) in [7, 11) is 0. The summed E-state index contributed by atoms with van der Waals surface area (Å²) in [4.78, 5) is 13.5. The van der Waals surface area contributed by atoms with Crippen molar-refractivity contribution in [2.75, 3.05) is 13.1 Å². The molecule has 0 spiro atoms. The van der Waals surface area contributed by atoms with E-state index in [0.717, 1.165) is 10.0 Å². The van der Waals surface area contributed by atoms with Crippen molar-refractivity contribution >= 4 is 22.0 Å². The minimum atomic E-state index is -0.465. The number of carbonyl (C=O) groups excluding carboxylic acids is 1. The van der Waals surface area contributed by atoms with E-state index < -0.39 is 5.60 Å². The van der Waals surface area contributed by atoms with E-state index in [1.54, 1.807) is 4.90 Å². The van der Waals surface area contributed by atoms with Crippen molar-refractivity contribution in [2.45, 2.75) is 32.3 Å². The first-order valence-electron chi connectivity index (χ1n) is 6.47. The molecule has 0 aromatic heterocycles. The Morgan fingerprint density at radius 1 is 1.45 bits per heavy atom. The van der Waals surface area contributed by atoms with Gasteiger partial charge in [0, 0.05) is 23.5 Å². The monoisotopic (exact) mass is 336 g/mol. The van der Waals surface area contributed by atoms with Gasteiger partial charge in [-0.3, -0.25) is 0 Å². The van der Waals surface area contributed by atoms with Crippen molar-refractivity contribution in [3.8, 4) is 6.07 Å². The molecule has 0 unspecified atom stereocenters. The Kier molecular flexibility index (Phi) is 4.05. The zero-order chi connectivity index (χ0) is 14.9. The second-order valence-corrected chi connectivity index (χ2v) is 6.79. The Hall–Kier alpha value is -1.54. The number of nitriles is 1. The highest BCUT2D eigenvalue weighted by molar-refractivity contribution is 9.10. The van der Waals surface area contributed by atoms with Crippen LogP contribution in [0.1, 0.15) is 37.8 Å². The predicted octanol–water partition coefficient (Wildman–Crippen LogP) is 3.66. The highest BCUT2D eigenvalue weighted by Gasteiger charge is 2.34. The van der Waals surface area contributed by atoms with E-state index in [-0.39, 0.29) is 12.0 Å². The van der Waals surface area contributed by atoms with Gasteiger partial charge in [0.1, 0.15) is 11.7 Å². The molecule has 1 aromatic rings. The van der Waals surface area contributed by atoms with Crippen molar-refractivity contribution < 1.29 is 9.53 Å². The number of benzene rings is 1. The van der Waals surface area contributed by atoms with Crippen LogP contribution < -0.4 is 0 Å².